The summed E-state index contributed by atoms with van der Waals surface area (Å²) in [5.74, 6) is -0.116. The van der Waals surface area contributed by atoms with E-state index in [9.17, 15) is 18.0 Å². The summed E-state index contributed by atoms with van der Waals surface area (Å²) in [6.45, 7) is 6.16. The van der Waals surface area contributed by atoms with Crippen LogP contribution in [0.3, 0.4) is 0 Å². The fourth-order valence-corrected chi connectivity index (χ4v) is 5.12. The van der Waals surface area contributed by atoms with Gasteiger partial charge in [-0.3, -0.25) is 9.59 Å². The number of rotatable bonds is 6. The van der Waals surface area contributed by atoms with Crippen molar-refractivity contribution in [1.82, 2.24) is 4.31 Å². The number of anilines is 1. The topological polar surface area (TPSA) is 83.6 Å². The van der Waals surface area contributed by atoms with Crippen LogP contribution in [0.25, 0.3) is 0 Å². The minimum Gasteiger partial charge on any atom is -0.326 e. The number of carbonyl (C=O) groups is 2. The van der Waals surface area contributed by atoms with Crippen LogP contribution < -0.4 is 5.32 Å². The van der Waals surface area contributed by atoms with Gasteiger partial charge in [-0.1, -0.05) is 38.1 Å². The van der Waals surface area contributed by atoms with E-state index in [2.05, 4.69) is 19.2 Å². The lowest BCUT2D eigenvalue weighted by Gasteiger charge is -2.30. The smallest absolute Gasteiger partial charge is 0.243 e. The SMILES string of the molecule is CC(=O)c1cccc(S(=O)(=O)N2CCC(C(=O)Nc3cccc(C(C)C)c3)CC2)c1. The van der Waals surface area contributed by atoms with Crippen molar-refractivity contribution >= 4 is 27.4 Å². The fourth-order valence-electron chi connectivity index (χ4n) is 3.60. The third-order valence-electron chi connectivity index (χ3n) is 5.52. The Kier molecular flexibility index (Phi) is 6.73. The Hall–Kier alpha value is -2.51. The molecule has 1 aliphatic heterocycles. The van der Waals surface area contributed by atoms with Crippen LogP contribution in [0.4, 0.5) is 5.69 Å². The molecule has 0 radical (unpaired) electrons. The van der Waals surface area contributed by atoms with Crippen LogP contribution in [0.2, 0.25) is 0 Å². The Bertz CT molecular complexity index is 1040. The summed E-state index contributed by atoms with van der Waals surface area (Å²) in [7, 11) is -3.69. The zero-order valence-electron chi connectivity index (χ0n) is 17.6. The van der Waals surface area contributed by atoms with Crippen LogP contribution in [0.15, 0.2) is 53.4 Å². The van der Waals surface area contributed by atoms with E-state index in [0.717, 1.165) is 11.3 Å². The number of hydrogen-bond acceptors (Lipinski definition) is 4. The number of piperidine rings is 1. The molecular formula is C23H28N2O4S. The van der Waals surface area contributed by atoms with E-state index >= 15 is 0 Å². The third-order valence-corrected chi connectivity index (χ3v) is 7.42. The molecule has 1 fully saturated rings. The van der Waals surface area contributed by atoms with Gasteiger partial charge in [0.25, 0.3) is 0 Å². The number of Topliss-reactive ketones (excluding diaryl/α,β-unsaturated/α-hetero) is 1. The van der Waals surface area contributed by atoms with Gasteiger partial charge in [0, 0.05) is 30.3 Å². The van der Waals surface area contributed by atoms with Crippen molar-refractivity contribution in [3.05, 3.63) is 59.7 Å². The molecule has 3 rings (SSSR count). The summed E-state index contributed by atoms with van der Waals surface area (Å²) in [5, 5.41) is 2.97. The third kappa shape index (κ3) is 4.96. The number of nitrogens with one attached hydrogen (secondary N) is 1. The van der Waals surface area contributed by atoms with Gasteiger partial charge in [-0.15, -0.1) is 0 Å². The first-order valence-electron chi connectivity index (χ1n) is 10.2. The largest absolute Gasteiger partial charge is 0.326 e. The predicted octanol–water partition coefficient (Wildman–Crippen LogP) is 4.05. The van der Waals surface area contributed by atoms with Crippen LogP contribution in [-0.2, 0) is 14.8 Å². The second-order valence-electron chi connectivity index (χ2n) is 8.03. The van der Waals surface area contributed by atoms with Crippen molar-refractivity contribution in [3.63, 3.8) is 0 Å². The monoisotopic (exact) mass is 428 g/mol. The first-order valence-corrected chi connectivity index (χ1v) is 11.6. The van der Waals surface area contributed by atoms with Crippen molar-refractivity contribution in [2.24, 2.45) is 5.92 Å². The molecule has 0 unspecified atom stereocenters. The van der Waals surface area contributed by atoms with Crippen LogP contribution in [0.5, 0.6) is 0 Å². The Labute approximate surface area is 178 Å². The Balaban J connectivity index is 1.64. The van der Waals surface area contributed by atoms with Gasteiger partial charge >= 0.3 is 0 Å². The van der Waals surface area contributed by atoms with Crippen molar-refractivity contribution < 1.29 is 18.0 Å². The molecule has 0 bridgehead atoms. The summed E-state index contributed by atoms with van der Waals surface area (Å²) < 4.78 is 27.3. The van der Waals surface area contributed by atoms with Crippen molar-refractivity contribution in [3.8, 4) is 0 Å². The zero-order valence-corrected chi connectivity index (χ0v) is 18.4. The highest BCUT2D eigenvalue weighted by molar-refractivity contribution is 7.89. The maximum Gasteiger partial charge on any atom is 0.243 e. The molecule has 7 heteroatoms. The molecule has 30 heavy (non-hydrogen) atoms. The number of sulfonamides is 1. The minimum atomic E-state index is -3.69. The molecule has 2 aromatic rings. The van der Waals surface area contributed by atoms with Gasteiger partial charge in [-0.25, -0.2) is 8.42 Å². The van der Waals surface area contributed by atoms with Gasteiger partial charge in [0.1, 0.15) is 0 Å². The molecular weight excluding hydrogens is 400 g/mol. The number of ketones is 1. The van der Waals surface area contributed by atoms with E-state index in [1.165, 1.54) is 23.4 Å². The first-order chi connectivity index (χ1) is 14.2. The molecule has 1 aliphatic rings. The molecule has 0 saturated carbocycles. The van der Waals surface area contributed by atoms with Gasteiger partial charge in [-0.05, 0) is 55.5 Å². The van der Waals surface area contributed by atoms with Crippen LogP contribution >= 0.6 is 0 Å². The molecule has 1 heterocycles. The van der Waals surface area contributed by atoms with Crippen molar-refractivity contribution in [1.29, 1.82) is 0 Å². The quantitative estimate of drug-likeness (QED) is 0.704. The predicted molar refractivity (Wildman–Crippen MR) is 117 cm³/mol. The molecule has 160 valence electrons. The van der Waals surface area contributed by atoms with Gasteiger partial charge in [0.2, 0.25) is 15.9 Å². The Morgan fingerprint density at radius 2 is 1.70 bits per heavy atom. The summed E-state index contributed by atoms with van der Waals surface area (Å²) in [6, 6.07) is 13.9. The molecule has 2 aromatic carbocycles. The van der Waals surface area contributed by atoms with E-state index in [1.807, 2.05) is 24.3 Å². The summed E-state index contributed by atoms with van der Waals surface area (Å²) in [6.07, 6.45) is 0.919. The maximum atomic E-state index is 12.9. The highest BCUT2D eigenvalue weighted by atomic mass is 32.2. The lowest BCUT2D eigenvalue weighted by molar-refractivity contribution is -0.120. The Morgan fingerprint density at radius 1 is 1.03 bits per heavy atom. The molecule has 1 amide bonds. The molecule has 0 aromatic heterocycles. The van der Waals surface area contributed by atoms with Crippen molar-refractivity contribution in [2.45, 2.75) is 44.4 Å². The van der Waals surface area contributed by atoms with Crippen molar-refractivity contribution in [2.75, 3.05) is 18.4 Å². The highest BCUT2D eigenvalue weighted by Gasteiger charge is 2.32. The number of carbonyl (C=O) groups excluding carboxylic acids is 2. The van der Waals surface area contributed by atoms with Gasteiger partial charge in [0.15, 0.2) is 5.78 Å². The summed E-state index contributed by atoms with van der Waals surface area (Å²) in [4.78, 5) is 24.4. The average Bonchev–Trinajstić information content (AvgIpc) is 2.74. The zero-order chi connectivity index (χ0) is 21.9. The number of amides is 1. The normalized spacial score (nSPS) is 15.9. The lowest BCUT2D eigenvalue weighted by atomic mass is 9.97. The summed E-state index contributed by atoms with van der Waals surface area (Å²) >= 11 is 0. The number of hydrogen-bond donors (Lipinski definition) is 1. The van der Waals surface area contributed by atoms with Gasteiger partial charge in [0.05, 0.1) is 4.90 Å². The number of benzene rings is 2. The summed E-state index contributed by atoms with van der Waals surface area (Å²) in [5.41, 5.74) is 2.29. The van der Waals surface area contributed by atoms with Crippen LogP contribution in [-0.4, -0.2) is 37.5 Å². The van der Waals surface area contributed by atoms with Crippen LogP contribution in [0, 0.1) is 5.92 Å². The second-order valence-corrected chi connectivity index (χ2v) is 9.97. The van der Waals surface area contributed by atoms with Gasteiger partial charge < -0.3 is 5.32 Å². The maximum absolute atomic E-state index is 12.9. The fraction of sp³-hybridized carbons (Fsp3) is 0.391. The molecule has 0 spiro atoms. The minimum absolute atomic E-state index is 0.0773. The van der Waals surface area contributed by atoms with Crippen LogP contribution in [0.1, 0.15) is 55.5 Å². The molecule has 1 saturated heterocycles. The van der Waals surface area contributed by atoms with E-state index in [1.54, 1.807) is 12.1 Å². The van der Waals surface area contributed by atoms with E-state index in [4.69, 9.17) is 0 Å². The first kappa shape index (κ1) is 22.2. The number of nitrogens with zero attached hydrogens (tertiary/aromatic N) is 1. The molecule has 1 N–H and O–H groups in total. The highest BCUT2D eigenvalue weighted by Crippen LogP contribution is 2.26. The molecule has 6 nitrogen and oxygen atoms in total. The standard InChI is InChI=1S/C23H28N2O4S/c1-16(2)19-6-4-8-21(14-19)24-23(27)18-10-12-25(13-11-18)30(28,29)22-9-5-7-20(15-22)17(3)26/h4-9,14-16,18H,10-13H2,1-3H3,(H,24,27). The lowest BCUT2D eigenvalue weighted by Crippen LogP contribution is -2.41. The molecule has 0 aliphatic carbocycles. The average molecular weight is 429 g/mol. The van der Waals surface area contributed by atoms with E-state index in [0.29, 0.717) is 24.3 Å². The molecule has 0 atom stereocenters. The van der Waals surface area contributed by atoms with E-state index in [-0.39, 0.29) is 35.6 Å². The van der Waals surface area contributed by atoms with Gasteiger partial charge in [-0.2, -0.15) is 4.31 Å². The Morgan fingerprint density at radius 3 is 2.33 bits per heavy atom. The van der Waals surface area contributed by atoms with E-state index < -0.39 is 10.0 Å². The second kappa shape index (κ2) is 9.10.